The number of aromatic nitrogens is 2. The van der Waals surface area contributed by atoms with Gasteiger partial charge in [-0.2, -0.15) is 5.10 Å². The average molecular weight is 493 g/mol. The van der Waals surface area contributed by atoms with E-state index in [1.54, 1.807) is 24.3 Å². The minimum Gasteiger partial charge on any atom is -0.352 e. The molecule has 0 radical (unpaired) electrons. The average Bonchev–Trinajstić information content (AvgIpc) is 3.48. The number of fused-ring (bicyclic) bond motifs is 1. The van der Waals surface area contributed by atoms with Crippen molar-refractivity contribution >= 4 is 17.7 Å². The van der Waals surface area contributed by atoms with Gasteiger partial charge >= 0.3 is 0 Å². The maximum atomic E-state index is 12.6. The van der Waals surface area contributed by atoms with E-state index in [4.69, 9.17) is 5.10 Å². The highest BCUT2D eigenvalue weighted by Crippen LogP contribution is 2.24. The van der Waals surface area contributed by atoms with Crippen molar-refractivity contribution in [2.75, 3.05) is 6.54 Å². The normalized spacial score (nSPS) is 12.6. The van der Waals surface area contributed by atoms with Crippen LogP contribution in [0, 0.1) is 0 Å². The SMILES string of the molecule is O=C(CCCCCN1C(=O)c2ccccc2C1=O)NCc1cn(-c2ccccc2)nc1-c1ccccc1. The van der Waals surface area contributed by atoms with Gasteiger partial charge in [0.1, 0.15) is 0 Å². The summed E-state index contributed by atoms with van der Waals surface area (Å²) in [5.41, 5.74) is 4.67. The lowest BCUT2D eigenvalue weighted by molar-refractivity contribution is -0.121. The number of benzene rings is 3. The first-order chi connectivity index (χ1) is 18.1. The fraction of sp³-hybridized carbons (Fsp3) is 0.200. The molecule has 4 aromatic rings. The number of nitrogens with zero attached hydrogens (tertiary/aromatic N) is 3. The summed E-state index contributed by atoms with van der Waals surface area (Å²) in [6.07, 6.45) is 4.45. The fourth-order valence-electron chi connectivity index (χ4n) is 4.55. The Morgan fingerprint density at radius 1 is 0.757 bits per heavy atom. The molecule has 0 atom stereocenters. The molecular formula is C30H28N4O3. The smallest absolute Gasteiger partial charge is 0.261 e. The summed E-state index contributed by atoms with van der Waals surface area (Å²) in [7, 11) is 0. The lowest BCUT2D eigenvalue weighted by Crippen LogP contribution is -2.30. The molecule has 3 aromatic carbocycles. The molecule has 0 saturated heterocycles. The van der Waals surface area contributed by atoms with Crippen molar-refractivity contribution in [3.63, 3.8) is 0 Å². The zero-order valence-corrected chi connectivity index (χ0v) is 20.5. The van der Waals surface area contributed by atoms with Gasteiger partial charge in [-0.05, 0) is 37.1 Å². The van der Waals surface area contributed by atoms with Crippen molar-refractivity contribution < 1.29 is 14.4 Å². The Hall–Kier alpha value is -4.52. The van der Waals surface area contributed by atoms with E-state index in [-0.39, 0.29) is 17.7 Å². The number of carbonyl (C=O) groups is 3. The number of rotatable bonds is 10. The molecule has 5 rings (SSSR count). The first-order valence-electron chi connectivity index (χ1n) is 12.5. The second-order valence-electron chi connectivity index (χ2n) is 9.04. The van der Waals surface area contributed by atoms with Crippen molar-refractivity contribution in [2.45, 2.75) is 32.2 Å². The molecule has 1 aromatic heterocycles. The molecule has 0 bridgehead atoms. The molecule has 1 aliphatic rings. The lowest BCUT2D eigenvalue weighted by atomic mass is 10.1. The largest absolute Gasteiger partial charge is 0.352 e. The minimum atomic E-state index is -0.233. The van der Waals surface area contributed by atoms with Crippen molar-refractivity contribution in [2.24, 2.45) is 0 Å². The van der Waals surface area contributed by atoms with Crippen LogP contribution in [0.4, 0.5) is 0 Å². The first-order valence-corrected chi connectivity index (χ1v) is 12.5. The third-order valence-corrected chi connectivity index (χ3v) is 6.50. The molecule has 0 saturated carbocycles. The van der Waals surface area contributed by atoms with Crippen molar-refractivity contribution in [1.82, 2.24) is 20.0 Å². The zero-order valence-electron chi connectivity index (χ0n) is 20.5. The number of unbranched alkanes of at least 4 members (excludes halogenated alkanes) is 2. The van der Waals surface area contributed by atoms with Crippen LogP contribution in [-0.2, 0) is 11.3 Å². The van der Waals surface area contributed by atoms with Crippen LogP contribution in [0.2, 0.25) is 0 Å². The summed E-state index contributed by atoms with van der Waals surface area (Å²) < 4.78 is 1.84. The molecule has 0 aliphatic carbocycles. The van der Waals surface area contributed by atoms with Gasteiger partial charge in [0.05, 0.1) is 22.5 Å². The molecule has 7 heteroatoms. The Labute approximate surface area is 215 Å². The van der Waals surface area contributed by atoms with Gasteiger partial charge in [-0.3, -0.25) is 19.3 Å². The van der Waals surface area contributed by atoms with Gasteiger partial charge in [0, 0.05) is 36.8 Å². The predicted octanol–water partition coefficient (Wildman–Crippen LogP) is 5.01. The van der Waals surface area contributed by atoms with Crippen LogP contribution in [0.5, 0.6) is 0 Å². The molecule has 1 N–H and O–H groups in total. The highest BCUT2D eigenvalue weighted by Gasteiger charge is 2.34. The monoisotopic (exact) mass is 492 g/mol. The molecule has 0 spiro atoms. The maximum Gasteiger partial charge on any atom is 0.261 e. The molecule has 1 aliphatic heterocycles. The summed E-state index contributed by atoms with van der Waals surface area (Å²) in [6, 6.07) is 26.7. The molecule has 2 heterocycles. The van der Waals surface area contributed by atoms with E-state index >= 15 is 0 Å². The van der Waals surface area contributed by atoms with E-state index in [1.165, 1.54) is 4.90 Å². The molecule has 0 fully saturated rings. The summed E-state index contributed by atoms with van der Waals surface area (Å²) in [4.78, 5) is 38.8. The summed E-state index contributed by atoms with van der Waals surface area (Å²) in [5, 5.41) is 7.81. The van der Waals surface area contributed by atoms with Crippen LogP contribution in [-0.4, -0.2) is 38.9 Å². The Kier molecular flexibility index (Phi) is 7.21. The Morgan fingerprint density at radius 2 is 1.38 bits per heavy atom. The Balaban J connectivity index is 1.12. The van der Waals surface area contributed by atoms with E-state index in [1.807, 2.05) is 71.5 Å². The van der Waals surface area contributed by atoms with E-state index in [0.717, 1.165) is 28.9 Å². The number of nitrogens with one attached hydrogen (secondary N) is 1. The highest BCUT2D eigenvalue weighted by molar-refractivity contribution is 6.21. The number of hydrogen-bond donors (Lipinski definition) is 1. The van der Waals surface area contributed by atoms with Gasteiger partial charge in [-0.25, -0.2) is 4.68 Å². The van der Waals surface area contributed by atoms with Gasteiger partial charge in [0.25, 0.3) is 11.8 Å². The van der Waals surface area contributed by atoms with Gasteiger partial charge in [0.2, 0.25) is 5.91 Å². The molecule has 0 unspecified atom stereocenters. The molecule has 3 amide bonds. The van der Waals surface area contributed by atoms with E-state index in [2.05, 4.69) is 5.32 Å². The maximum absolute atomic E-state index is 12.6. The minimum absolute atomic E-state index is 0.0350. The number of imide groups is 1. The Bertz CT molecular complexity index is 1380. The van der Waals surface area contributed by atoms with Crippen molar-refractivity contribution in [1.29, 1.82) is 0 Å². The van der Waals surface area contributed by atoms with E-state index in [9.17, 15) is 14.4 Å². The van der Waals surface area contributed by atoms with Gasteiger partial charge in [-0.15, -0.1) is 0 Å². The van der Waals surface area contributed by atoms with Gasteiger partial charge in [0.15, 0.2) is 0 Å². The third kappa shape index (κ3) is 5.35. The van der Waals surface area contributed by atoms with Crippen LogP contribution in [0.1, 0.15) is 52.0 Å². The molecule has 37 heavy (non-hydrogen) atoms. The summed E-state index contributed by atoms with van der Waals surface area (Å²) in [5.74, 6) is -0.501. The zero-order chi connectivity index (χ0) is 25.6. The second-order valence-corrected chi connectivity index (χ2v) is 9.04. The summed E-state index contributed by atoms with van der Waals surface area (Å²) >= 11 is 0. The molecule has 7 nitrogen and oxygen atoms in total. The lowest BCUT2D eigenvalue weighted by Gasteiger charge is -2.13. The van der Waals surface area contributed by atoms with Crippen molar-refractivity contribution in [3.8, 4) is 16.9 Å². The van der Waals surface area contributed by atoms with Crippen LogP contribution in [0.15, 0.2) is 91.1 Å². The van der Waals surface area contributed by atoms with Crippen LogP contribution in [0.3, 0.4) is 0 Å². The quantitative estimate of drug-likeness (QED) is 0.249. The van der Waals surface area contributed by atoms with Crippen LogP contribution in [0.25, 0.3) is 16.9 Å². The summed E-state index contributed by atoms with van der Waals surface area (Å²) in [6.45, 7) is 0.748. The van der Waals surface area contributed by atoms with E-state index < -0.39 is 0 Å². The number of carbonyl (C=O) groups excluding carboxylic acids is 3. The number of hydrogen-bond acceptors (Lipinski definition) is 4. The fourth-order valence-corrected chi connectivity index (χ4v) is 4.55. The topological polar surface area (TPSA) is 84.3 Å². The second kappa shape index (κ2) is 11.0. The third-order valence-electron chi connectivity index (χ3n) is 6.50. The first kappa shape index (κ1) is 24.2. The Morgan fingerprint density at radius 3 is 2.05 bits per heavy atom. The number of para-hydroxylation sites is 1. The van der Waals surface area contributed by atoms with Crippen LogP contribution >= 0.6 is 0 Å². The number of amides is 3. The molecular weight excluding hydrogens is 464 g/mol. The van der Waals surface area contributed by atoms with Gasteiger partial charge < -0.3 is 5.32 Å². The van der Waals surface area contributed by atoms with Crippen LogP contribution < -0.4 is 5.32 Å². The highest BCUT2D eigenvalue weighted by atomic mass is 16.2. The van der Waals surface area contributed by atoms with E-state index in [0.29, 0.717) is 43.5 Å². The standard InChI is InChI=1S/C30H28N4O3/c35-27(18-8-3-11-19-33-29(36)25-16-9-10-17-26(25)30(33)37)31-20-23-21-34(24-14-6-2-7-15-24)32-28(23)22-12-4-1-5-13-22/h1-2,4-7,9-10,12-17,21H,3,8,11,18-20H2,(H,31,35). The molecule has 186 valence electrons. The van der Waals surface area contributed by atoms with Gasteiger partial charge in [-0.1, -0.05) is 67.1 Å². The predicted molar refractivity (Wildman–Crippen MR) is 141 cm³/mol. The van der Waals surface area contributed by atoms with Crippen molar-refractivity contribution in [3.05, 3.63) is 108 Å².